The van der Waals surface area contributed by atoms with Crippen LogP contribution in [0.5, 0.6) is 0 Å². The standard InChI is InChI=1S/C24H26N2O3/c1-16(27)18-4-6-23-21(14-18)22-15-19(17(2)28)5-7-24(22)26(23)11-3-10-25-12-8-20(29)9-13-25/h4-7,14-15H,3,8-13H2,1-2H3. The molecular weight excluding hydrogens is 364 g/mol. The van der Waals surface area contributed by atoms with Gasteiger partial charge >= 0.3 is 0 Å². The molecule has 5 nitrogen and oxygen atoms in total. The highest BCUT2D eigenvalue weighted by Gasteiger charge is 2.17. The van der Waals surface area contributed by atoms with E-state index in [2.05, 4.69) is 9.47 Å². The summed E-state index contributed by atoms with van der Waals surface area (Å²) in [6.45, 7) is 6.68. The van der Waals surface area contributed by atoms with E-state index < -0.39 is 0 Å². The predicted molar refractivity (Wildman–Crippen MR) is 115 cm³/mol. The lowest BCUT2D eigenvalue weighted by Crippen LogP contribution is -2.34. The molecule has 1 fully saturated rings. The zero-order valence-corrected chi connectivity index (χ0v) is 17.0. The average Bonchev–Trinajstić information content (AvgIpc) is 3.02. The molecule has 1 aliphatic rings. The van der Waals surface area contributed by atoms with E-state index in [0.717, 1.165) is 54.4 Å². The van der Waals surface area contributed by atoms with Gasteiger partial charge in [0.2, 0.25) is 0 Å². The SMILES string of the molecule is CC(=O)c1ccc2c(c1)c1cc(C(C)=O)ccc1n2CCCN1CCC(=O)CC1. The number of aryl methyl sites for hydroxylation is 1. The van der Waals surface area contributed by atoms with Crippen molar-refractivity contribution in [2.24, 2.45) is 0 Å². The number of hydrogen-bond donors (Lipinski definition) is 0. The van der Waals surface area contributed by atoms with Crippen molar-refractivity contribution in [3.8, 4) is 0 Å². The van der Waals surface area contributed by atoms with Crippen LogP contribution < -0.4 is 0 Å². The number of fused-ring (bicyclic) bond motifs is 3. The first-order valence-electron chi connectivity index (χ1n) is 10.3. The molecule has 0 spiro atoms. The van der Waals surface area contributed by atoms with Crippen LogP contribution in [0, 0.1) is 0 Å². The number of rotatable bonds is 6. The van der Waals surface area contributed by atoms with Gasteiger partial charge in [0.05, 0.1) is 0 Å². The molecule has 3 aromatic rings. The van der Waals surface area contributed by atoms with E-state index in [9.17, 15) is 14.4 Å². The maximum atomic E-state index is 11.9. The third-order valence-electron chi connectivity index (χ3n) is 5.95. The molecule has 5 heteroatoms. The van der Waals surface area contributed by atoms with Gasteiger partial charge in [0, 0.05) is 65.4 Å². The molecular formula is C24H26N2O3. The number of carbonyl (C=O) groups is 3. The summed E-state index contributed by atoms with van der Waals surface area (Å²) in [6.07, 6.45) is 2.31. The molecule has 0 saturated carbocycles. The summed E-state index contributed by atoms with van der Waals surface area (Å²) < 4.78 is 2.29. The number of carbonyl (C=O) groups excluding carboxylic acids is 3. The van der Waals surface area contributed by atoms with Crippen LogP contribution in [-0.2, 0) is 11.3 Å². The molecule has 1 saturated heterocycles. The largest absolute Gasteiger partial charge is 0.340 e. The van der Waals surface area contributed by atoms with E-state index in [0.29, 0.717) is 29.8 Å². The van der Waals surface area contributed by atoms with Gasteiger partial charge in [-0.25, -0.2) is 0 Å². The van der Waals surface area contributed by atoms with Crippen LogP contribution >= 0.6 is 0 Å². The Kier molecular flexibility index (Phi) is 5.33. The lowest BCUT2D eigenvalue weighted by molar-refractivity contribution is -0.121. The number of likely N-dealkylation sites (tertiary alicyclic amines) is 1. The van der Waals surface area contributed by atoms with Crippen molar-refractivity contribution in [3.05, 3.63) is 47.5 Å². The van der Waals surface area contributed by atoms with E-state index in [4.69, 9.17) is 0 Å². The lowest BCUT2D eigenvalue weighted by Gasteiger charge is -2.25. The number of piperidine rings is 1. The molecule has 0 atom stereocenters. The molecule has 0 radical (unpaired) electrons. The number of Topliss-reactive ketones (excluding diaryl/α,β-unsaturated/α-hetero) is 3. The zero-order valence-electron chi connectivity index (χ0n) is 17.0. The fraction of sp³-hybridized carbons (Fsp3) is 0.375. The predicted octanol–water partition coefficient (Wildman–Crippen LogP) is 4.25. The molecule has 1 aliphatic heterocycles. The normalized spacial score (nSPS) is 15.3. The van der Waals surface area contributed by atoms with Crippen molar-refractivity contribution >= 4 is 39.2 Å². The third-order valence-corrected chi connectivity index (χ3v) is 5.95. The number of hydrogen-bond acceptors (Lipinski definition) is 4. The Morgan fingerprint density at radius 1 is 0.828 bits per heavy atom. The minimum absolute atomic E-state index is 0.0372. The van der Waals surface area contributed by atoms with E-state index in [-0.39, 0.29) is 11.6 Å². The lowest BCUT2D eigenvalue weighted by atomic mass is 10.0. The summed E-state index contributed by atoms with van der Waals surface area (Å²) in [7, 11) is 0. The highest BCUT2D eigenvalue weighted by atomic mass is 16.1. The summed E-state index contributed by atoms with van der Waals surface area (Å²) in [6, 6.07) is 11.7. The van der Waals surface area contributed by atoms with Crippen LogP contribution in [0.3, 0.4) is 0 Å². The van der Waals surface area contributed by atoms with Gasteiger partial charge in [-0.15, -0.1) is 0 Å². The summed E-state index contributed by atoms with van der Waals surface area (Å²) >= 11 is 0. The number of ketones is 3. The first-order valence-corrected chi connectivity index (χ1v) is 10.3. The van der Waals surface area contributed by atoms with Crippen LogP contribution in [0.15, 0.2) is 36.4 Å². The maximum Gasteiger partial charge on any atom is 0.159 e. The van der Waals surface area contributed by atoms with Gasteiger partial charge in [0.15, 0.2) is 11.6 Å². The molecule has 2 heterocycles. The van der Waals surface area contributed by atoms with Gasteiger partial charge in [-0.1, -0.05) is 0 Å². The number of benzene rings is 2. The van der Waals surface area contributed by atoms with Crippen molar-refractivity contribution in [1.29, 1.82) is 0 Å². The smallest absolute Gasteiger partial charge is 0.159 e. The Labute approximate surface area is 170 Å². The van der Waals surface area contributed by atoms with Crippen molar-refractivity contribution < 1.29 is 14.4 Å². The minimum Gasteiger partial charge on any atom is -0.340 e. The molecule has 0 bridgehead atoms. The fourth-order valence-electron chi connectivity index (χ4n) is 4.26. The second-order valence-corrected chi connectivity index (χ2v) is 7.96. The maximum absolute atomic E-state index is 11.9. The second-order valence-electron chi connectivity index (χ2n) is 7.96. The summed E-state index contributed by atoms with van der Waals surface area (Å²) in [5, 5.41) is 2.03. The topological polar surface area (TPSA) is 59.4 Å². The molecule has 0 amide bonds. The fourth-order valence-corrected chi connectivity index (χ4v) is 4.26. The van der Waals surface area contributed by atoms with Gasteiger partial charge in [-0.05, 0) is 63.2 Å². The monoisotopic (exact) mass is 390 g/mol. The molecule has 4 rings (SSSR count). The van der Waals surface area contributed by atoms with Gasteiger partial charge in [0.25, 0.3) is 0 Å². The average molecular weight is 390 g/mol. The molecule has 0 unspecified atom stereocenters. The van der Waals surface area contributed by atoms with Crippen LogP contribution in [0.25, 0.3) is 21.8 Å². The van der Waals surface area contributed by atoms with Crippen molar-refractivity contribution in [2.45, 2.75) is 39.7 Å². The van der Waals surface area contributed by atoms with Crippen LogP contribution in [0.2, 0.25) is 0 Å². The van der Waals surface area contributed by atoms with Crippen LogP contribution in [0.4, 0.5) is 0 Å². The van der Waals surface area contributed by atoms with Gasteiger partial charge < -0.3 is 9.47 Å². The molecule has 0 N–H and O–H groups in total. The Hall–Kier alpha value is -2.79. The van der Waals surface area contributed by atoms with Crippen molar-refractivity contribution in [3.63, 3.8) is 0 Å². The Bertz CT molecular complexity index is 1040. The first-order chi connectivity index (χ1) is 13.9. The van der Waals surface area contributed by atoms with E-state index >= 15 is 0 Å². The van der Waals surface area contributed by atoms with E-state index in [1.807, 2.05) is 36.4 Å². The summed E-state index contributed by atoms with van der Waals surface area (Å²) in [4.78, 5) is 37.6. The zero-order chi connectivity index (χ0) is 20.5. The first kappa shape index (κ1) is 19.5. The third kappa shape index (κ3) is 3.87. The van der Waals surface area contributed by atoms with E-state index in [1.165, 1.54) is 0 Å². The number of nitrogens with zero attached hydrogens (tertiary/aromatic N) is 2. The Morgan fingerprint density at radius 2 is 1.34 bits per heavy atom. The molecule has 1 aromatic heterocycles. The summed E-state index contributed by atoms with van der Waals surface area (Å²) in [5.74, 6) is 0.441. The van der Waals surface area contributed by atoms with Crippen LogP contribution in [-0.4, -0.2) is 46.5 Å². The Balaban J connectivity index is 1.68. The van der Waals surface area contributed by atoms with Gasteiger partial charge in [0.1, 0.15) is 5.78 Å². The molecule has 0 aliphatic carbocycles. The van der Waals surface area contributed by atoms with Crippen molar-refractivity contribution in [2.75, 3.05) is 19.6 Å². The quantitative estimate of drug-likeness (QED) is 0.590. The molecule has 150 valence electrons. The minimum atomic E-state index is 0.0372. The second kappa shape index (κ2) is 7.91. The van der Waals surface area contributed by atoms with Crippen molar-refractivity contribution in [1.82, 2.24) is 9.47 Å². The van der Waals surface area contributed by atoms with Crippen LogP contribution in [0.1, 0.15) is 53.8 Å². The highest BCUT2D eigenvalue weighted by molar-refractivity contribution is 6.12. The molecule has 29 heavy (non-hydrogen) atoms. The van der Waals surface area contributed by atoms with Gasteiger partial charge in [-0.2, -0.15) is 0 Å². The summed E-state index contributed by atoms with van der Waals surface area (Å²) in [5.41, 5.74) is 3.53. The van der Waals surface area contributed by atoms with E-state index in [1.54, 1.807) is 13.8 Å². The van der Waals surface area contributed by atoms with Gasteiger partial charge in [-0.3, -0.25) is 14.4 Å². The number of aromatic nitrogens is 1. The Morgan fingerprint density at radius 3 is 1.83 bits per heavy atom. The molecule has 2 aromatic carbocycles. The highest BCUT2D eigenvalue weighted by Crippen LogP contribution is 2.31.